The molecule has 0 aliphatic rings. The Hall–Kier alpha value is -0.680. The standard InChI is InChI=1S/C7H7Cl2F2N3.C2H6/c1-2-7(10,11)3-4(8)13-6(12)14-5(3)9;1-2/h2H2,1H3,(H2,12,13,14);1-2H3. The molecule has 0 aromatic carbocycles. The second-order valence-corrected chi connectivity index (χ2v) is 3.31. The maximum absolute atomic E-state index is 13.2. The third-order valence-electron chi connectivity index (χ3n) is 1.65. The summed E-state index contributed by atoms with van der Waals surface area (Å²) in [4.78, 5) is 6.83. The number of hydrogen-bond acceptors (Lipinski definition) is 3. The van der Waals surface area contributed by atoms with Gasteiger partial charge in [-0.1, -0.05) is 44.0 Å². The van der Waals surface area contributed by atoms with Crippen LogP contribution in [0.25, 0.3) is 0 Å². The Kier molecular flexibility index (Phi) is 5.89. The zero-order valence-corrected chi connectivity index (χ0v) is 10.7. The summed E-state index contributed by atoms with van der Waals surface area (Å²) in [7, 11) is 0. The predicted octanol–water partition coefficient (Wildman–Crippen LogP) is 3.89. The van der Waals surface area contributed by atoms with Crippen LogP contribution >= 0.6 is 23.2 Å². The van der Waals surface area contributed by atoms with Crippen LogP contribution in [0.5, 0.6) is 0 Å². The SMILES string of the molecule is CC.CCC(F)(F)c1c(Cl)nc(N)nc1Cl. The van der Waals surface area contributed by atoms with Gasteiger partial charge in [0.15, 0.2) is 0 Å². The van der Waals surface area contributed by atoms with Crippen molar-refractivity contribution in [3.05, 3.63) is 15.9 Å². The molecule has 0 atom stereocenters. The Morgan fingerprint density at radius 3 is 1.88 bits per heavy atom. The van der Waals surface area contributed by atoms with E-state index in [1.807, 2.05) is 13.8 Å². The molecular formula is C9H13Cl2F2N3. The fourth-order valence-electron chi connectivity index (χ4n) is 0.902. The molecular weight excluding hydrogens is 259 g/mol. The molecule has 0 unspecified atom stereocenters. The molecule has 0 aliphatic heterocycles. The Labute approximate surface area is 103 Å². The monoisotopic (exact) mass is 271 g/mol. The zero-order valence-electron chi connectivity index (χ0n) is 9.19. The molecule has 1 aromatic heterocycles. The number of nitrogens with two attached hydrogens (primary N) is 1. The van der Waals surface area contributed by atoms with Crippen molar-refractivity contribution in [1.82, 2.24) is 9.97 Å². The molecule has 0 saturated carbocycles. The van der Waals surface area contributed by atoms with E-state index in [-0.39, 0.29) is 5.95 Å². The number of anilines is 1. The minimum Gasteiger partial charge on any atom is -0.368 e. The number of hydrogen-bond donors (Lipinski definition) is 1. The van der Waals surface area contributed by atoms with Crippen LogP contribution in [0.1, 0.15) is 32.8 Å². The second-order valence-electron chi connectivity index (χ2n) is 2.60. The molecule has 7 heteroatoms. The van der Waals surface area contributed by atoms with Crippen LogP contribution in [0.4, 0.5) is 14.7 Å². The zero-order chi connectivity index (χ0) is 12.9. The summed E-state index contributed by atoms with van der Waals surface area (Å²) in [5, 5.41) is -0.816. The van der Waals surface area contributed by atoms with Gasteiger partial charge in [-0.3, -0.25) is 0 Å². The number of aromatic nitrogens is 2. The molecule has 0 fully saturated rings. The van der Waals surface area contributed by atoms with Crippen LogP contribution in [0.3, 0.4) is 0 Å². The number of alkyl halides is 2. The van der Waals surface area contributed by atoms with E-state index in [2.05, 4.69) is 9.97 Å². The number of halogens is 4. The summed E-state index contributed by atoms with van der Waals surface area (Å²) in [6.07, 6.45) is -0.431. The minimum absolute atomic E-state index is 0.226. The lowest BCUT2D eigenvalue weighted by molar-refractivity contribution is -0.00867. The summed E-state index contributed by atoms with van der Waals surface area (Å²) in [6, 6.07) is 0. The fourth-order valence-corrected chi connectivity index (χ4v) is 1.58. The molecule has 0 aliphatic carbocycles. The molecule has 1 aromatic rings. The van der Waals surface area contributed by atoms with Crippen molar-refractivity contribution in [3.8, 4) is 0 Å². The van der Waals surface area contributed by atoms with Crippen LogP contribution in [0, 0.1) is 0 Å². The van der Waals surface area contributed by atoms with Crippen molar-refractivity contribution in [2.24, 2.45) is 0 Å². The Balaban J connectivity index is 0.00000106. The first kappa shape index (κ1) is 15.3. The summed E-state index contributed by atoms with van der Waals surface area (Å²) >= 11 is 11.0. The first-order valence-electron chi connectivity index (χ1n) is 4.75. The summed E-state index contributed by atoms with van der Waals surface area (Å²) < 4.78 is 26.5. The van der Waals surface area contributed by atoms with Crippen molar-refractivity contribution in [2.75, 3.05) is 5.73 Å². The van der Waals surface area contributed by atoms with Gasteiger partial charge in [0.1, 0.15) is 10.3 Å². The molecule has 0 spiro atoms. The molecule has 0 radical (unpaired) electrons. The lowest BCUT2D eigenvalue weighted by Gasteiger charge is -2.16. The molecule has 92 valence electrons. The highest BCUT2D eigenvalue weighted by atomic mass is 35.5. The van der Waals surface area contributed by atoms with Gasteiger partial charge < -0.3 is 5.73 Å². The average Bonchev–Trinajstić information content (AvgIpc) is 2.18. The first-order valence-corrected chi connectivity index (χ1v) is 5.51. The van der Waals surface area contributed by atoms with E-state index < -0.39 is 28.2 Å². The highest BCUT2D eigenvalue weighted by molar-refractivity contribution is 6.34. The topological polar surface area (TPSA) is 51.8 Å². The summed E-state index contributed by atoms with van der Waals surface area (Å²) in [5.41, 5.74) is 4.61. The fraction of sp³-hybridized carbons (Fsp3) is 0.556. The van der Waals surface area contributed by atoms with E-state index >= 15 is 0 Å². The summed E-state index contributed by atoms with van der Waals surface area (Å²) in [6.45, 7) is 5.31. The maximum Gasteiger partial charge on any atom is 0.278 e. The molecule has 2 N–H and O–H groups in total. The van der Waals surface area contributed by atoms with Crippen LogP contribution in [0.2, 0.25) is 10.3 Å². The quantitative estimate of drug-likeness (QED) is 0.831. The molecule has 0 saturated heterocycles. The molecule has 1 heterocycles. The van der Waals surface area contributed by atoms with Crippen molar-refractivity contribution < 1.29 is 8.78 Å². The van der Waals surface area contributed by atoms with Gasteiger partial charge in [0.2, 0.25) is 5.95 Å². The van der Waals surface area contributed by atoms with Crippen LogP contribution in [-0.4, -0.2) is 9.97 Å². The lowest BCUT2D eigenvalue weighted by atomic mass is 10.1. The minimum atomic E-state index is -3.14. The smallest absolute Gasteiger partial charge is 0.278 e. The van der Waals surface area contributed by atoms with E-state index in [9.17, 15) is 8.78 Å². The molecule has 16 heavy (non-hydrogen) atoms. The van der Waals surface area contributed by atoms with E-state index in [4.69, 9.17) is 28.9 Å². The van der Waals surface area contributed by atoms with Gasteiger partial charge in [0.25, 0.3) is 5.92 Å². The Morgan fingerprint density at radius 1 is 1.19 bits per heavy atom. The van der Waals surface area contributed by atoms with Crippen molar-refractivity contribution >= 4 is 29.2 Å². The molecule has 1 rings (SSSR count). The third kappa shape index (κ3) is 3.42. The van der Waals surface area contributed by atoms with Crippen molar-refractivity contribution in [1.29, 1.82) is 0 Å². The molecule has 3 nitrogen and oxygen atoms in total. The maximum atomic E-state index is 13.2. The number of nitrogens with zero attached hydrogens (tertiary/aromatic N) is 2. The van der Waals surface area contributed by atoms with Crippen LogP contribution < -0.4 is 5.73 Å². The Morgan fingerprint density at radius 2 is 1.56 bits per heavy atom. The average molecular weight is 272 g/mol. The lowest BCUT2D eigenvalue weighted by Crippen LogP contribution is -2.15. The second kappa shape index (κ2) is 6.15. The van der Waals surface area contributed by atoms with Gasteiger partial charge in [0, 0.05) is 6.42 Å². The molecule has 0 amide bonds. The van der Waals surface area contributed by atoms with E-state index in [0.29, 0.717) is 0 Å². The number of rotatable bonds is 2. The van der Waals surface area contributed by atoms with Gasteiger partial charge in [-0.05, 0) is 0 Å². The summed E-state index contributed by atoms with van der Waals surface area (Å²) in [5.74, 6) is -3.36. The van der Waals surface area contributed by atoms with E-state index in [0.717, 1.165) is 0 Å². The first-order chi connectivity index (χ1) is 7.38. The normalized spacial score (nSPS) is 10.7. The van der Waals surface area contributed by atoms with Gasteiger partial charge in [0.05, 0.1) is 5.56 Å². The van der Waals surface area contributed by atoms with Crippen LogP contribution in [-0.2, 0) is 5.92 Å². The highest BCUT2D eigenvalue weighted by Gasteiger charge is 2.35. The Bertz CT molecular complexity index is 336. The van der Waals surface area contributed by atoms with Gasteiger partial charge in [-0.2, -0.15) is 0 Å². The van der Waals surface area contributed by atoms with Gasteiger partial charge in [-0.25, -0.2) is 18.7 Å². The third-order valence-corrected chi connectivity index (χ3v) is 2.19. The predicted molar refractivity (Wildman–Crippen MR) is 62.0 cm³/mol. The van der Waals surface area contributed by atoms with E-state index in [1.165, 1.54) is 6.92 Å². The number of nitrogen functional groups attached to an aromatic ring is 1. The van der Waals surface area contributed by atoms with Gasteiger partial charge >= 0.3 is 0 Å². The largest absolute Gasteiger partial charge is 0.368 e. The molecule has 0 bridgehead atoms. The van der Waals surface area contributed by atoms with E-state index in [1.54, 1.807) is 0 Å². The van der Waals surface area contributed by atoms with Crippen molar-refractivity contribution in [2.45, 2.75) is 33.1 Å². The van der Waals surface area contributed by atoms with Crippen molar-refractivity contribution in [3.63, 3.8) is 0 Å². The highest BCUT2D eigenvalue weighted by Crippen LogP contribution is 2.39. The van der Waals surface area contributed by atoms with Gasteiger partial charge in [-0.15, -0.1) is 0 Å². The van der Waals surface area contributed by atoms with Crippen LogP contribution in [0.15, 0.2) is 0 Å².